The zero-order valence-corrected chi connectivity index (χ0v) is 18.9. The van der Waals surface area contributed by atoms with E-state index >= 15 is 0 Å². The molecule has 0 N–H and O–H groups in total. The number of benzene rings is 6. The van der Waals surface area contributed by atoms with E-state index < -0.39 is 61.0 Å². The van der Waals surface area contributed by atoms with Crippen LogP contribution in [-0.4, -0.2) is 9.55 Å². The monoisotopic (exact) mass is 471 g/mol. The van der Waals surface area contributed by atoms with Crippen LogP contribution in [0.5, 0.6) is 0 Å². The molecule has 0 bridgehead atoms. The Labute approximate surface area is 225 Å². The number of para-hydroxylation sites is 2. The van der Waals surface area contributed by atoms with Crippen LogP contribution in [-0.2, 0) is 0 Å². The van der Waals surface area contributed by atoms with Crippen LogP contribution in [0.1, 0.15) is 20.9 Å². The van der Waals surface area contributed by atoms with Crippen LogP contribution in [0.25, 0.3) is 60.5 Å². The highest BCUT2D eigenvalue weighted by molar-refractivity contribution is 6.19. The summed E-state index contributed by atoms with van der Waals surface area (Å²) in [4.78, 5) is 4.41. The van der Waals surface area contributed by atoms with Crippen LogP contribution >= 0.6 is 0 Å². The number of hydrogen-bond donors (Lipinski definition) is 0. The van der Waals surface area contributed by atoms with Gasteiger partial charge in [-0.25, -0.2) is 4.98 Å². The van der Waals surface area contributed by atoms with Gasteiger partial charge in [0.05, 0.1) is 27.7 Å². The molecule has 0 aliphatic heterocycles. The van der Waals surface area contributed by atoms with E-state index in [0.29, 0.717) is 22.2 Å². The normalized spacial score (nSPS) is 16.2. The van der Waals surface area contributed by atoms with Gasteiger partial charge in [-0.1, -0.05) is 115 Å². The summed E-state index contributed by atoms with van der Waals surface area (Å²) < 4.78 is 98.1. The Morgan fingerprint density at radius 3 is 1.92 bits per heavy atom. The van der Waals surface area contributed by atoms with E-state index in [-0.39, 0.29) is 32.8 Å². The van der Waals surface area contributed by atoms with E-state index in [1.54, 1.807) is 36.4 Å². The van der Waals surface area contributed by atoms with Gasteiger partial charge in [-0.05, 0) is 52.0 Å². The molecular weight excluding hydrogens is 436 g/mol. The molecule has 0 atom stereocenters. The van der Waals surface area contributed by atoms with Gasteiger partial charge in [-0.15, -0.1) is 0 Å². The summed E-state index contributed by atoms with van der Waals surface area (Å²) in [6.45, 7) is -2.81. The topological polar surface area (TPSA) is 17.8 Å². The minimum atomic E-state index is -2.81. The average molecular weight is 472 g/mol. The van der Waals surface area contributed by atoms with Gasteiger partial charge in [0.25, 0.3) is 0 Å². The molecule has 0 saturated heterocycles. The second-order valence-electron chi connectivity index (χ2n) is 8.39. The molecule has 170 valence electrons. The van der Waals surface area contributed by atoms with Gasteiger partial charge in [0.1, 0.15) is 5.82 Å². The van der Waals surface area contributed by atoms with Crippen molar-refractivity contribution < 1.29 is 15.1 Å². The third-order valence-electron chi connectivity index (χ3n) is 6.41. The lowest BCUT2D eigenvalue weighted by molar-refractivity contribution is 1.02. The van der Waals surface area contributed by atoms with Crippen LogP contribution in [0.3, 0.4) is 0 Å². The average Bonchev–Trinajstić information content (AvgIpc) is 3.47. The Kier molecular flexibility index (Phi) is 2.81. The summed E-state index contributed by atoms with van der Waals surface area (Å²) in [6.07, 6.45) is 0. The third kappa shape index (κ3) is 3.08. The number of hydrogen-bond acceptors (Lipinski definition) is 1. The van der Waals surface area contributed by atoms with Crippen molar-refractivity contribution >= 4 is 32.6 Å². The van der Waals surface area contributed by atoms with Gasteiger partial charge in [0, 0.05) is 14.9 Å². The predicted octanol–water partition coefficient (Wildman–Crippen LogP) is 8.97. The van der Waals surface area contributed by atoms with Crippen molar-refractivity contribution in [1.82, 2.24) is 9.55 Å². The predicted molar refractivity (Wildman–Crippen MR) is 152 cm³/mol. The summed E-state index contributed by atoms with van der Waals surface area (Å²) >= 11 is 0. The Bertz CT molecular complexity index is 2350. The van der Waals surface area contributed by atoms with Gasteiger partial charge in [-0.3, -0.25) is 4.57 Å². The van der Waals surface area contributed by atoms with Crippen molar-refractivity contribution in [1.29, 1.82) is 0 Å². The van der Waals surface area contributed by atoms with E-state index in [9.17, 15) is 5.48 Å². The standard InChI is InChI=1S/C34H24N2/c1-23-35-31-21-11-12-22-32(31)36(23)34-29-19-9-7-17-27(29)33(28-18-8-10-20-30(28)34)26-16-6-5-15-25(26)24-13-3-2-4-14-24/h2-22H,1H3/i1D3,7D,8D,9D,10D,17D,18D,19D,20D. The van der Waals surface area contributed by atoms with Crippen LogP contribution in [0.4, 0.5) is 0 Å². The Hall–Kier alpha value is -4.69. The highest BCUT2D eigenvalue weighted by Crippen LogP contribution is 2.44. The molecule has 1 heterocycles. The molecule has 0 radical (unpaired) electrons. The van der Waals surface area contributed by atoms with Crippen molar-refractivity contribution in [2.24, 2.45) is 0 Å². The molecule has 0 spiro atoms. The molecule has 7 aromatic rings. The number of rotatable bonds is 3. The fraction of sp³-hybridized carbons (Fsp3) is 0.0294. The minimum Gasteiger partial charge on any atom is -0.295 e. The van der Waals surface area contributed by atoms with Gasteiger partial charge in [-0.2, -0.15) is 0 Å². The van der Waals surface area contributed by atoms with Crippen LogP contribution in [0, 0.1) is 6.85 Å². The van der Waals surface area contributed by atoms with Crippen molar-refractivity contribution in [2.75, 3.05) is 0 Å². The molecule has 0 unspecified atom stereocenters. The van der Waals surface area contributed by atoms with E-state index in [1.165, 1.54) is 4.57 Å². The Morgan fingerprint density at radius 1 is 0.639 bits per heavy atom. The zero-order chi connectivity index (χ0) is 33.5. The molecule has 0 fully saturated rings. The first-order valence-electron chi connectivity index (χ1n) is 16.9. The molecule has 2 nitrogen and oxygen atoms in total. The Balaban J connectivity index is 1.87. The van der Waals surface area contributed by atoms with Crippen LogP contribution in [0.2, 0.25) is 0 Å². The number of nitrogens with zero attached hydrogens (tertiary/aromatic N) is 2. The fourth-order valence-electron chi connectivity index (χ4n) is 4.92. The second-order valence-corrected chi connectivity index (χ2v) is 8.39. The summed E-state index contributed by atoms with van der Waals surface area (Å²) in [7, 11) is 0. The van der Waals surface area contributed by atoms with Crippen molar-refractivity contribution in [3.63, 3.8) is 0 Å². The molecule has 0 aliphatic rings. The highest BCUT2D eigenvalue weighted by atomic mass is 15.1. The lowest BCUT2D eigenvalue weighted by atomic mass is 9.87. The van der Waals surface area contributed by atoms with Crippen molar-refractivity contribution in [2.45, 2.75) is 6.85 Å². The fourth-order valence-corrected chi connectivity index (χ4v) is 4.92. The molecule has 0 aliphatic carbocycles. The van der Waals surface area contributed by atoms with Gasteiger partial charge >= 0.3 is 0 Å². The summed E-state index contributed by atoms with van der Waals surface area (Å²) in [6, 6.07) is 19.0. The summed E-state index contributed by atoms with van der Waals surface area (Å²) in [5.41, 5.74) is 2.56. The molecule has 0 saturated carbocycles. The lowest BCUT2D eigenvalue weighted by Crippen LogP contribution is -2.01. The van der Waals surface area contributed by atoms with E-state index in [0.717, 1.165) is 5.56 Å². The van der Waals surface area contributed by atoms with Crippen LogP contribution < -0.4 is 0 Å². The van der Waals surface area contributed by atoms with E-state index in [2.05, 4.69) is 4.98 Å². The van der Waals surface area contributed by atoms with Gasteiger partial charge in [0.15, 0.2) is 0 Å². The smallest absolute Gasteiger partial charge is 0.111 e. The van der Waals surface area contributed by atoms with Crippen molar-refractivity contribution in [3.8, 4) is 27.9 Å². The van der Waals surface area contributed by atoms with E-state index in [1.807, 2.05) is 42.5 Å². The van der Waals surface area contributed by atoms with Crippen LogP contribution in [0.15, 0.2) is 127 Å². The molecule has 7 rings (SSSR count). The lowest BCUT2D eigenvalue weighted by Gasteiger charge is -2.20. The first-order valence-corrected chi connectivity index (χ1v) is 11.4. The maximum atomic E-state index is 9.23. The van der Waals surface area contributed by atoms with E-state index in [4.69, 9.17) is 9.60 Å². The third-order valence-corrected chi connectivity index (χ3v) is 6.41. The molecule has 2 heteroatoms. The number of fused-ring (bicyclic) bond motifs is 3. The maximum absolute atomic E-state index is 9.23. The van der Waals surface area contributed by atoms with Gasteiger partial charge in [0.2, 0.25) is 0 Å². The highest BCUT2D eigenvalue weighted by Gasteiger charge is 2.20. The molecule has 1 aromatic heterocycles. The minimum absolute atomic E-state index is 0.0128. The SMILES string of the molecule is [2H]c1c([2H])c([2H])c2c(-n3c(C([2H])([2H])[2H])nc4ccccc43)c3c([2H])c([2H])c([2H])c([2H])c3c(-c3ccccc3-c3ccccc3)c2c1[2H]. The summed E-state index contributed by atoms with van der Waals surface area (Å²) in [5.74, 6) is -0.418. The number of aromatic nitrogens is 2. The molecule has 0 amide bonds. The summed E-state index contributed by atoms with van der Waals surface area (Å²) in [5, 5.41) is -0.220. The molecule has 36 heavy (non-hydrogen) atoms. The largest absolute Gasteiger partial charge is 0.295 e. The van der Waals surface area contributed by atoms with Gasteiger partial charge < -0.3 is 0 Å². The zero-order valence-electron chi connectivity index (χ0n) is 29.9. The number of imidazole rings is 1. The first-order chi connectivity index (χ1) is 22.3. The Morgan fingerprint density at radius 2 is 1.22 bits per heavy atom. The maximum Gasteiger partial charge on any atom is 0.111 e. The first kappa shape index (κ1) is 12.3. The van der Waals surface area contributed by atoms with Crippen molar-refractivity contribution in [3.05, 3.63) is 133 Å². The molecular formula is C34H24N2. The molecule has 6 aromatic carbocycles. The second kappa shape index (κ2) is 8.21. The number of aryl methyl sites for hydroxylation is 1. The quantitative estimate of drug-likeness (QED) is 0.235.